The predicted octanol–water partition coefficient (Wildman–Crippen LogP) is 2.32. The van der Waals surface area contributed by atoms with Gasteiger partial charge in [-0.3, -0.25) is 14.9 Å². The Morgan fingerprint density at radius 1 is 1.35 bits per heavy atom. The van der Waals surface area contributed by atoms with Crippen LogP contribution in [0.15, 0.2) is 23.2 Å². The maximum absolute atomic E-state index is 12.5. The van der Waals surface area contributed by atoms with Gasteiger partial charge in [0.15, 0.2) is 0 Å². The Balaban J connectivity index is 1.29. The number of fused-ring (bicyclic) bond motifs is 2. The van der Waals surface area contributed by atoms with Crippen LogP contribution in [0, 0.1) is 0 Å². The number of aliphatic imine (C=N–C) groups is 1. The molecule has 4 rings (SSSR count). The molecule has 31 heavy (non-hydrogen) atoms. The van der Waals surface area contributed by atoms with Crippen molar-refractivity contribution in [2.24, 2.45) is 4.99 Å². The van der Waals surface area contributed by atoms with Gasteiger partial charge in [0.25, 0.3) is 5.91 Å². The number of carbonyl (C=O) groups is 2. The van der Waals surface area contributed by atoms with Crippen molar-refractivity contribution in [2.45, 2.75) is 76.6 Å². The number of nitrogens with zero attached hydrogens (tertiary/aromatic N) is 3. The highest BCUT2D eigenvalue weighted by atomic mass is 16.5. The van der Waals surface area contributed by atoms with Gasteiger partial charge in [0.2, 0.25) is 11.9 Å². The molecule has 8 nitrogen and oxygen atoms in total. The Labute approximate surface area is 183 Å². The van der Waals surface area contributed by atoms with E-state index in [0.29, 0.717) is 38.0 Å². The maximum Gasteiger partial charge on any atom is 0.252 e. The molecule has 1 unspecified atom stereocenters. The number of rotatable bonds is 7. The van der Waals surface area contributed by atoms with Crippen molar-refractivity contribution in [1.82, 2.24) is 15.1 Å². The molecule has 2 N–H and O–H groups in total. The Morgan fingerprint density at radius 2 is 2.13 bits per heavy atom. The highest BCUT2D eigenvalue weighted by Crippen LogP contribution is 2.32. The lowest BCUT2D eigenvalue weighted by molar-refractivity contribution is -0.132. The molecule has 8 heteroatoms. The third-order valence-corrected chi connectivity index (χ3v) is 6.51. The third kappa shape index (κ3) is 4.69. The number of guanidine groups is 1. The molecule has 2 aliphatic heterocycles. The summed E-state index contributed by atoms with van der Waals surface area (Å²) in [7, 11) is 1.93. The van der Waals surface area contributed by atoms with E-state index in [-0.39, 0.29) is 11.8 Å². The molecule has 2 fully saturated rings. The van der Waals surface area contributed by atoms with Crippen LogP contribution in [0.5, 0.6) is 5.75 Å². The van der Waals surface area contributed by atoms with Crippen LogP contribution in [-0.4, -0.2) is 64.5 Å². The second kappa shape index (κ2) is 9.26. The molecule has 2 amide bonds. The SMILES string of the molecule is CC(O)[C@H]1C(=O)NC2=Nc3ccc(OCCCC(=O)N(C)C4CCCCC4)cc3CN21. The van der Waals surface area contributed by atoms with E-state index < -0.39 is 12.1 Å². The van der Waals surface area contributed by atoms with E-state index in [9.17, 15) is 14.7 Å². The fraction of sp³-hybridized carbons (Fsp3) is 0.609. The number of aliphatic hydroxyl groups is 1. The van der Waals surface area contributed by atoms with E-state index >= 15 is 0 Å². The van der Waals surface area contributed by atoms with Crippen molar-refractivity contribution in [1.29, 1.82) is 0 Å². The monoisotopic (exact) mass is 428 g/mol. The fourth-order valence-corrected chi connectivity index (χ4v) is 4.72. The van der Waals surface area contributed by atoms with Gasteiger partial charge in [0.05, 0.1) is 18.4 Å². The molecule has 1 aromatic carbocycles. The first-order valence-electron chi connectivity index (χ1n) is 11.3. The van der Waals surface area contributed by atoms with Crippen molar-refractivity contribution < 1.29 is 19.4 Å². The van der Waals surface area contributed by atoms with E-state index in [2.05, 4.69) is 10.3 Å². The number of nitrogens with one attached hydrogen (secondary N) is 1. The van der Waals surface area contributed by atoms with Crippen LogP contribution in [0.3, 0.4) is 0 Å². The second-order valence-corrected chi connectivity index (χ2v) is 8.78. The summed E-state index contributed by atoms with van der Waals surface area (Å²) < 4.78 is 5.88. The van der Waals surface area contributed by atoms with Crippen LogP contribution in [-0.2, 0) is 16.1 Å². The lowest BCUT2D eigenvalue weighted by atomic mass is 9.94. The normalized spacial score (nSPS) is 21.6. The molecule has 3 aliphatic rings. The zero-order chi connectivity index (χ0) is 22.0. The van der Waals surface area contributed by atoms with E-state index in [4.69, 9.17) is 4.74 Å². The molecule has 2 heterocycles. The Bertz CT molecular complexity index is 863. The summed E-state index contributed by atoms with van der Waals surface area (Å²) in [6.45, 7) is 2.55. The third-order valence-electron chi connectivity index (χ3n) is 6.51. The molecule has 2 atom stereocenters. The van der Waals surface area contributed by atoms with Gasteiger partial charge >= 0.3 is 0 Å². The Morgan fingerprint density at radius 3 is 2.87 bits per heavy atom. The van der Waals surface area contributed by atoms with Gasteiger partial charge in [-0.05, 0) is 44.4 Å². The van der Waals surface area contributed by atoms with Gasteiger partial charge < -0.3 is 19.6 Å². The minimum atomic E-state index is -0.794. The van der Waals surface area contributed by atoms with E-state index in [1.165, 1.54) is 19.3 Å². The molecular formula is C23H32N4O4. The van der Waals surface area contributed by atoms with Gasteiger partial charge in [-0.15, -0.1) is 0 Å². The smallest absolute Gasteiger partial charge is 0.252 e. The van der Waals surface area contributed by atoms with Gasteiger partial charge in [-0.25, -0.2) is 4.99 Å². The van der Waals surface area contributed by atoms with Crippen molar-refractivity contribution in [3.8, 4) is 5.75 Å². The van der Waals surface area contributed by atoms with Crippen molar-refractivity contribution >= 4 is 23.5 Å². The van der Waals surface area contributed by atoms with Crippen LogP contribution < -0.4 is 10.1 Å². The van der Waals surface area contributed by atoms with Crippen LogP contribution in [0.2, 0.25) is 0 Å². The maximum atomic E-state index is 12.5. The van der Waals surface area contributed by atoms with Crippen molar-refractivity contribution in [2.75, 3.05) is 13.7 Å². The number of carbonyl (C=O) groups excluding carboxylic acids is 2. The number of amides is 2. The average molecular weight is 429 g/mol. The molecule has 168 valence electrons. The summed E-state index contributed by atoms with van der Waals surface area (Å²) >= 11 is 0. The van der Waals surface area contributed by atoms with Crippen LogP contribution in [0.1, 0.15) is 57.4 Å². The first-order chi connectivity index (χ1) is 14.9. The number of benzene rings is 1. The largest absolute Gasteiger partial charge is 0.494 e. The van der Waals surface area contributed by atoms with Gasteiger partial charge in [0.1, 0.15) is 11.8 Å². The minimum absolute atomic E-state index is 0.193. The topological polar surface area (TPSA) is 94.5 Å². The zero-order valence-corrected chi connectivity index (χ0v) is 18.3. The molecule has 1 saturated carbocycles. The predicted molar refractivity (Wildman–Crippen MR) is 117 cm³/mol. The highest BCUT2D eigenvalue weighted by Gasteiger charge is 2.41. The van der Waals surface area contributed by atoms with Crippen LogP contribution in [0.4, 0.5) is 5.69 Å². The quantitative estimate of drug-likeness (QED) is 0.650. The minimum Gasteiger partial charge on any atom is -0.494 e. The highest BCUT2D eigenvalue weighted by molar-refractivity contribution is 6.08. The lowest BCUT2D eigenvalue weighted by Gasteiger charge is -2.31. The molecule has 0 aromatic heterocycles. The summed E-state index contributed by atoms with van der Waals surface area (Å²) in [5, 5.41) is 12.7. The Hall–Kier alpha value is -2.61. The van der Waals surface area contributed by atoms with Crippen LogP contribution >= 0.6 is 0 Å². The first-order valence-corrected chi connectivity index (χ1v) is 11.3. The average Bonchev–Trinajstić information content (AvgIpc) is 3.09. The van der Waals surface area contributed by atoms with Crippen molar-refractivity contribution in [3.63, 3.8) is 0 Å². The van der Waals surface area contributed by atoms with Gasteiger partial charge in [0, 0.05) is 31.6 Å². The number of ether oxygens (including phenoxy) is 1. The number of hydrogen-bond acceptors (Lipinski definition) is 6. The summed E-state index contributed by atoms with van der Waals surface area (Å²) in [6, 6.07) is 5.42. The standard InChI is InChI=1S/C23H32N4O4/c1-15(28)21-22(30)25-23-24-19-11-10-18(13-16(19)14-27(21)23)31-12-6-9-20(29)26(2)17-7-4-3-5-8-17/h10-11,13,15,17,21,28H,3-9,12,14H2,1-2H3,(H,24,25,30)/t15?,21-/m0/s1. The van der Waals surface area contributed by atoms with E-state index in [1.54, 1.807) is 11.8 Å². The molecule has 0 radical (unpaired) electrons. The second-order valence-electron chi connectivity index (χ2n) is 8.78. The Kier molecular flexibility index (Phi) is 6.46. The number of hydrogen-bond donors (Lipinski definition) is 2. The molecule has 1 aliphatic carbocycles. The fourth-order valence-electron chi connectivity index (χ4n) is 4.72. The number of aliphatic hydroxyl groups excluding tert-OH is 1. The molecule has 0 bridgehead atoms. The molecule has 0 spiro atoms. The summed E-state index contributed by atoms with van der Waals surface area (Å²) in [4.78, 5) is 32.8. The summed E-state index contributed by atoms with van der Waals surface area (Å²) in [5.74, 6) is 1.16. The summed E-state index contributed by atoms with van der Waals surface area (Å²) in [5.41, 5.74) is 1.73. The first kappa shape index (κ1) is 21.6. The zero-order valence-electron chi connectivity index (χ0n) is 18.3. The lowest BCUT2D eigenvalue weighted by Crippen LogP contribution is -2.43. The van der Waals surface area contributed by atoms with Gasteiger partial charge in [-0.2, -0.15) is 0 Å². The van der Waals surface area contributed by atoms with Crippen molar-refractivity contribution in [3.05, 3.63) is 23.8 Å². The molecule has 1 aromatic rings. The van der Waals surface area contributed by atoms with E-state index in [1.807, 2.05) is 30.1 Å². The van der Waals surface area contributed by atoms with Crippen LogP contribution in [0.25, 0.3) is 0 Å². The van der Waals surface area contributed by atoms with Gasteiger partial charge in [-0.1, -0.05) is 19.3 Å². The summed E-state index contributed by atoms with van der Waals surface area (Å²) in [6.07, 6.45) is 6.32. The molecular weight excluding hydrogens is 396 g/mol. The molecule has 1 saturated heterocycles. The van der Waals surface area contributed by atoms with E-state index in [0.717, 1.165) is 29.8 Å².